The van der Waals surface area contributed by atoms with Gasteiger partial charge in [0, 0.05) is 13.0 Å². The number of halogens is 1. The Morgan fingerprint density at radius 2 is 2.27 bits per heavy atom. The van der Waals surface area contributed by atoms with Crippen molar-refractivity contribution in [3.05, 3.63) is 0 Å². The number of imide groups is 1. The normalized spacial score (nSPS) is 34.5. The Morgan fingerprint density at radius 3 is 2.73 bits per heavy atom. The molecule has 5 nitrogen and oxygen atoms in total. The van der Waals surface area contributed by atoms with E-state index >= 15 is 0 Å². The highest BCUT2D eigenvalue weighted by Crippen LogP contribution is 2.39. The van der Waals surface area contributed by atoms with Gasteiger partial charge < -0.3 is 11.1 Å². The van der Waals surface area contributed by atoms with Gasteiger partial charge in [0.15, 0.2) is 0 Å². The van der Waals surface area contributed by atoms with Gasteiger partial charge in [-0.15, -0.1) is 12.4 Å². The molecule has 1 spiro atoms. The number of amides is 3. The van der Waals surface area contributed by atoms with E-state index in [0.717, 1.165) is 24.2 Å². The first-order chi connectivity index (χ1) is 6.62. The summed E-state index contributed by atoms with van der Waals surface area (Å²) in [7, 11) is 1.51. The number of urea groups is 1. The van der Waals surface area contributed by atoms with E-state index in [0.29, 0.717) is 6.54 Å². The van der Waals surface area contributed by atoms with Crippen molar-refractivity contribution >= 4 is 24.3 Å². The third kappa shape index (κ3) is 1.50. The van der Waals surface area contributed by atoms with Gasteiger partial charge in [0.1, 0.15) is 5.54 Å². The zero-order valence-electron chi connectivity index (χ0n) is 8.66. The van der Waals surface area contributed by atoms with Crippen molar-refractivity contribution in [2.45, 2.75) is 24.8 Å². The predicted octanol–water partition coefficient (Wildman–Crippen LogP) is 0.0874. The smallest absolute Gasteiger partial charge is 0.324 e. The average molecular weight is 234 g/mol. The molecule has 3 N–H and O–H groups in total. The summed E-state index contributed by atoms with van der Waals surface area (Å²) < 4.78 is 0. The van der Waals surface area contributed by atoms with E-state index in [2.05, 4.69) is 5.32 Å². The van der Waals surface area contributed by atoms with Crippen LogP contribution in [0.4, 0.5) is 4.79 Å². The van der Waals surface area contributed by atoms with Crippen LogP contribution >= 0.6 is 12.4 Å². The molecule has 3 amide bonds. The van der Waals surface area contributed by atoms with Crippen LogP contribution in [0.15, 0.2) is 0 Å². The van der Waals surface area contributed by atoms with E-state index in [4.69, 9.17) is 5.73 Å². The van der Waals surface area contributed by atoms with Crippen LogP contribution in [0.2, 0.25) is 0 Å². The molecule has 0 radical (unpaired) electrons. The molecule has 1 saturated heterocycles. The highest BCUT2D eigenvalue weighted by atomic mass is 35.5. The van der Waals surface area contributed by atoms with Crippen LogP contribution in [-0.2, 0) is 4.79 Å². The van der Waals surface area contributed by atoms with Gasteiger partial charge in [-0.3, -0.25) is 9.69 Å². The molecule has 1 saturated carbocycles. The minimum atomic E-state index is -0.680. The van der Waals surface area contributed by atoms with E-state index in [1.54, 1.807) is 0 Å². The Kier molecular flexibility index (Phi) is 3.25. The van der Waals surface area contributed by atoms with Crippen LogP contribution in [0.1, 0.15) is 19.3 Å². The van der Waals surface area contributed by atoms with Crippen molar-refractivity contribution in [2.24, 2.45) is 11.7 Å². The van der Waals surface area contributed by atoms with Gasteiger partial charge in [-0.1, -0.05) is 6.42 Å². The van der Waals surface area contributed by atoms with Crippen molar-refractivity contribution < 1.29 is 9.59 Å². The maximum absolute atomic E-state index is 11.9. The Bertz CT molecular complexity index is 297. The van der Waals surface area contributed by atoms with E-state index in [1.807, 2.05) is 0 Å². The third-order valence-electron chi connectivity index (χ3n) is 3.43. The Morgan fingerprint density at radius 1 is 1.60 bits per heavy atom. The summed E-state index contributed by atoms with van der Waals surface area (Å²) in [5.74, 6) is -0.0145. The lowest BCUT2D eigenvalue weighted by atomic mass is 9.87. The fourth-order valence-corrected chi connectivity index (χ4v) is 2.56. The molecule has 2 aliphatic rings. The van der Waals surface area contributed by atoms with Crippen molar-refractivity contribution in [1.82, 2.24) is 10.2 Å². The van der Waals surface area contributed by atoms with Gasteiger partial charge in [-0.05, 0) is 19.4 Å². The molecular formula is C9H16ClN3O2. The molecule has 2 atom stereocenters. The Labute approximate surface area is 94.8 Å². The number of nitrogens with two attached hydrogens (primary N) is 1. The van der Waals surface area contributed by atoms with Gasteiger partial charge in [-0.25, -0.2) is 4.79 Å². The maximum Gasteiger partial charge on any atom is 0.324 e. The minimum Gasteiger partial charge on any atom is -0.330 e. The molecule has 2 unspecified atom stereocenters. The van der Waals surface area contributed by atoms with Crippen LogP contribution < -0.4 is 11.1 Å². The molecule has 0 aromatic heterocycles. The maximum atomic E-state index is 11.9. The quantitative estimate of drug-likeness (QED) is 0.631. The zero-order chi connectivity index (χ0) is 10.3. The number of hydrogen-bond acceptors (Lipinski definition) is 3. The number of carbonyl (C=O) groups excluding carboxylic acids is 2. The molecular weight excluding hydrogens is 218 g/mol. The number of rotatable bonds is 1. The second-order valence-corrected chi connectivity index (χ2v) is 4.09. The van der Waals surface area contributed by atoms with Crippen LogP contribution in [0, 0.1) is 5.92 Å². The van der Waals surface area contributed by atoms with Gasteiger partial charge in [0.25, 0.3) is 5.91 Å². The average Bonchev–Trinajstić information content (AvgIpc) is 2.66. The fourth-order valence-electron chi connectivity index (χ4n) is 2.56. The summed E-state index contributed by atoms with van der Waals surface area (Å²) in [6.45, 7) is 0.458. The number of likely N-dealkylation sites (N-methyl/N-ethyl adjacent to an activating group) is 1. The first-order valence-electron chi connectivity index (χ1n) is 4.92. The Balaban J connectivity index is 0.00000112. The van der Waals surface area contributed by atoms with E-state index in [-0.39, 0.29) is 30.3 Å². The summed E-state index contributed by atoms with van der Waals surface area (Å²) >= 11 is 0. The lowest BCUT2D eigenvalue weighted by Gasteiger charge is -2.27. The number of nitrogens with zero attached hydrogens (tertiary/aromatic N) is 1. The van der Waals surface area contributed by atoms with Crippen LogP contribution in [0.5, 0.6) is 0 Å². The topological polar surface area (TPSA) is 75.4 Å². The van der Waals surface area contributed by atoms with E-state index < -0.39 is 5.54 Å². The second kappa shape index (κ2) is 3.98. The van der Waals surface area contributed by atoms with Crippen molar-refractivity contribution in [3.63, 3.8) is 0 Å². The van der Waals surface area contributed by atoms with Gasteiger partial charge in [-0.2, -0.15) is 0 Å². The summed E-state index contributed by atoms with van der Waals surface area (Å²) in [6, 6.07) is -0.296. The summed E-state index contributed by atoms with van der Waals surface area (Å²) in [5.41, 5.74) is 4.94. The van der Waals surface area contributed by atoms with Gasteiger partial charge in [0.2, 0.25) is 0 Å². The molecule has 15 heavy (non-hydrogen) atoms. The van der Waals surface area contributed by atoms with E-state index in [9.17, 15) is 9.59 Å². The molecule has 2 fully saturated rings. The molecule has 1 aliphatic heterocycles. The molecule has 0 aromatic rings. The molecule has 1 heterocycles. The second-order valence-electron chi connectivity index (χ2n) is 4.09. The predicted molar refractivity (Wildman–Crippen MR) is 57.7 cm³/mol. The van der Waals surface area contributed by atoms with Crippen molar-refractivity contribution in [2.75, 3.05) is 13.6 Å². The summed E-state index contributed by atoms with van der Waals surface area (Å²) in [6.07, 6.45) is 2.61. The standard InChI is InChI=1S/C9H15N3O2.ClH/c1-12-7(13)9(11-8(12)14)4-2-3-6(9)5-10;/h6H,2-5,10H2,1H3,(H,11,14);1H. The van der Waals surface area contributed by atoms with Gasteiger partial charge >= 0.3 is 6.03 Å². The SMILES string of the molecule is CN1C(=O)NC2(CCCC2CN)C1=O.Cl. The summed E-state index contributed by atoms with van der Waals surface area (Å²) in [5, 5.41) is 2.79. The number of nitrogens with one attached hydrogen (secondary N) is 1. The Hall–Kier alpha value is -0.810. The van der Waals surface area contributed by atoms with Crippen LogP contribution in [-0.4, -0.2) is 36.0 Å². The highest BCUT2D eigenvalue weighted by Gasteiger charge is 2.56. The minimum absolute atomic E-state index is 0. The van der Waals surface area contributed by atoms with Crippen LogP contribution in [0.3, 0.4) is 0 Å². The monoisotopic (exact) mass is 233 g/mol. The third-order valence-corrected chi connectivity index (χ3v) is 3.43. The molecule has 2 rings (SSSR count). The van der Waals surface area contributed by atoms with Crippen molar-refractivity contribution in [1.29, 1.82) is 0 Å². The fraction of sp³-hybridized carbons (Fsp3) is 0.778. The van der Waals surface area contributed by atoms with Crippen LogP contribution in [0.25, 0.3) is 0 Å². The number of hydrogen-bond donors (Lipinski definition) is 2. The molecule has 1 aliphatic carbocycles. The number of carbonyl (C=O) groups is 2. The highest BCUT2D eigenvalue weighted by molar-refractivity contribution is 6.07. The molecule has 6 heteroatoms. The first kappa shape index (κ1) is 12.3. The summed E-state index contributed by atoms with van der Waals surface area (Å²) in [4.78, 5) is 24.4. The zero-order valence-corrected chi connectivity index (χ0v) is 9.47. The van der Waals surface area contributed by atoms with Gasteiger partial charge in [0.05, 0.1) is 0 Å². The lowest BCUT2D eigenvalue weighted by molar-refractivity contribution is -0.131. The molecule has 0 aromatic carbocycles. The first-order valence-corrected chi connectivity index (χ1v) is 4.92. The van der Waals surface area contributed by atoms with E-state index in [1.165, 1.54) is 7.05 Å². The molecule has 0 bridgehead atoms. The lowest BCUT2D eigenvalue weighted by Crippen LogP contribution is -2.52. The van der Waals surface area contributed by atoms with Crippen molar-refractivity contribution in [3.8, 4) is 0 Å². The largest absolute Gasteiger partial charge is 0.330 e. The molecule has 86 valence electrons.